The van der Waals surface area contributed by atoms with Crippen LogP contribution in [0.1, 0.15) is 62.1 Å². The van der Waals surface area contributed by atoms with Crippen LogP contribution < -0.4 is 10.6 Å². The number of amides is 1. The van der Waals surface area contributed by atoms with Crippen molar-refractivity contribution in [1.29, 1.82) is 0 Å². The van der Waals surface area contributed by atoms with E-state index in [2.05, 4.69) is 0 Å². The number of halogens is 1. The molecule has 0 bridgehead atoms. The normalized spacial score (nSPS) is 14.9. The highest BCUT2D eigenvalue weighted by atomic mass is 19.1. The molecule has 0 saturated carbocycles. The van der Waals surface area contributed by atoms with E-state index in [1.165, 1.54) is 23.9 Å². The van der Waals surface area contributed by atoms with Gasteiger partial charge < -0.3 is 30.1 Å². The molecule has 1 aromatic heterocycles. The largest absolute Gasteiger partial charge is 0.464 e. The molecule has 4 rings (SSSR count). The second kappa shape index (κ2) is 12.6. The summed E-state index contributed by atoms with van der Waals surface area (Å²) in [4.78, 5) is 27.1. The first-order valence-corrected chi connectivity index (χ1v) is 13.7. The molecule has 3 aromatic rings. The molecule has 10 heteroatoms. The number of carbonyl (C=O) groups excluding carboxylic acids is 2. The van der Waals surface area contributed by atoms with Gasteiger partial charge in [0, 0.05) is 36.9 Å². The molecule has 1 atom stereocenters. The monoisotopic (exact) mass is 567 g/mol. The van der Waals surface area contributed by atoms with E-state index in [1.54, 1.807) is 29.2 Å². The number of methoxy groups -OCH3 is 1. The molecule has 3 N–H and O–H groups in total. The molecular weight excluding hydrogens is 529 g/mol. The molecule has 1 amide bonds. The first-order valence-electron chi connectivity index (χ1n) is 13.7. The van der Waals surface area contributed by atoms with Crippen LogP contribution in [0.25, 0.3) is 11.1 Å². The maximum absolute atomic E-state index is 13.2. The van der Waals surface area contributed by atoms with Crippen LogP contribution in [-0.2, 0) is 9.47 Å². The number of hydrogen-bond donors (Lipinski definition) is 2. The number of rotatable bonds is 8. The Balaban J connectivity index is 1.58. The minimum Gasteiger partial charge on any atom is -0.464 e. The average Bonchev–Trinajstić information content (AvgIpc) is 3.28. The van der Waals surface area contributed by atoms with E-state index < -0.39 is 11.6 Å². The van der Waals surface area contributed by atoms with Crippen LogP contribution in [0.3, 0.4) is 0 Å². The number of aromatic nitrogens is 1. The number of likely N-dealkylation sites (tertiary alicyclic amines) is 1. The summed E-state index contributed by atoms with van der Waals surface area (Å²) in [6.07, 6.45) is 1.52. The van der Waals surface area contributed by atoms with Gasteiger partial charge in [0.05, 0.1) is 7.11 Å². The number of nitrogens with two attached hydrogens (primary N) is 1. The number of nitrogen functional groups attached to an aromatic ring is 1. The van der Waals surface area contributed by atoms with Crippen LogP contribution in [0.5, 0.6) is 11.5 Å². The van der Waals surface area contributed by atoms with Gasteiger partial charge in [-0.15, -0.1) is 0 Å². The molecule has 0 spiro atoms. The fourth-order valence-electron chi connectivity index (χ4n) is 5.27. The number of piperidine rings is 1. The van der Waals surface area contributed by atoms with Gasteiger partial charge in [-0.05, 0) is 94.0 Å². The van der Waals surface area contributed by atoms with Crippen molar-refractivity contribution in [2.45, 2.75) is 51.6 Å². The maximum atomic E-state index is 13.2. The molecule has 0 aliphatic carbocycles. The van der Waals surface area contributed by atoms with Crippen LogP contribution in [0.4, 0.5) is 9.18 Å². The molecule has 2 aromatic carbocycles. The Kier molecular flexibility index (Phi) is 9.22. The predicted molar refractivity (Wildman–Crippen MR) is 153 cm³/mol. The minimum atomic E-state index is -0.581. The van der Waals surface area contributed by atoms with Gasteiger partial charge in [-0.3, -0.25) is 4.68 Å². The van der Waals surface area contributed by atoms with Crippen molar-refractivity contribution in [1.82, 2.24) is 9.58 Å². The van der Waals surface area contributed by atoms with Gasteiger partial charge in [0.15, 0.2) is 5.69 Å². The van der Waals surface area contributed by atoms with Crippen molar-refractivity contribution in [3.8, 4) is 22.6 Å². The quantitative estimate of drug-likeness (QED) is 0.265. The lowest BCUT2D eigenvalue weighted by Gasteiger charge is -2.36. The van der Waals surface area contributed by atoms with Crippen LogP contribution in [0, 0.1) is 11.7 Å². The summed E-state index contributed by atoms with van der Waals surface area (Å²) in [5.74, 6) is 6.63. The molecule has 1 aliphatic rings. The molecule has 1 saturated heterocycles. The lowest BCUT2D eigenvalue weighted by Crippen LogP contribution is -2.43. The highest BCUT2D eigenvalue weighted by Gasteiger charge is 2.34. The summed E-state index contributed by atoms with van der Waals surface area (Å²) >= 11 is 0. The lowest BCUT2D eigenvalue weighted by atomic mass is 9.80. The topological polar surface area (TPSA) is 116 Å². The second-order valence-corrected chi connectivity index (χ2v) is 11.2. The van der Waals surface area contributed by atoms with Crippen LogP contribution in [0.2, 0.25) is 0 Å². The Morgan fingerprint density at radius 3 is 2.17 bits per heavy atom. The molecule has 1 unspecified atom stereocenters. The Morgan fingerprint density at radius 1 is 1.05 bits per heavy atom. The predicted octanol–water partition coefficient (Wildman–Crippen LogP) is 5.70. The van der Waals surface area contributed by atoms with Crippen LogP contribution in [0.15, 0.2) is 54.6 Å². The van der Waals surface area contributed by atoms with E-state index in [0.29, 0.717) is 55.1 Å². The van der Waals surface area contributed by atoms with Gasteiger partial charge in [-0.1, -0.05) is 12.1 Å². The number of ether oxygens (including phenoxy) is 3. The second-order valence-electron chi connectivity index (χ2n) is 11.2. The van der Waals surface area contributed by atoms with Crippen molar-refractivity contribution in [3.05, 3.63) is 71.8 Å². The van der Waals surface area contributed by atoms with E-state index in [1.807, 2.05) is 39.0 Å². The first kappa shape index (κ1) is 29.9. The smallest absolute Gasteiger partial charge is 0.410 e. The van der Waals surface area contributed by atoms with Crippen LogP contribution >= 0.6 is 0 Å². The van der Waals surface area contributed by atoms with E-state index >= 15 is 0 Å². The van der Waals surface area contributed by atoms with E-state index in [0.717, 1.165) is 5.56 Å². The van der Waals surface area contributed by atoms with Gasteiger partial charge in [0.1, 0.15) is 22.9 Å². The summed E-state index contributed by atoms with van der Waals surface area (Å²) < 4.78 is 31.0. The zero-order valence-corrected chi connectivity index (χ0v) is 23.9. The standard InChI is InChI=1S/C31H38FN3O6/c1-31(2,3)41-30(38)34-16-13-21(14-17-34)25(15-18-36)27-19-26(28(35(27)33)29(37)39-4)20-5-9-23(10-6-20)40-24-11-7-22(32)8-12-24/h5-12,19,21,25,36H,13-18,33H2,1-4H3. The third-order valence-electron chi connectivity index (χ3n) is 7.24. The third-order valence-corrected chi connectivity index (χ3v) is 7.24. The average molecular weight is 568 g/mol. The van der Waals surface area contributed by atoms with Crippen molar-refractivity contribution in [2.24, 2.45) is 5.92 Å². The van der Waals surface area contributed by atoms with Gasteiger partial charge in [0.2, 0.25) is 0 Å². The SMILES string of the molecule is COC(=O)c1c(-c2ccc(Oc3ccc(F)cc3)cc2)cc(C(CCO)C2CCN(C(=O)OC(C)(C)C)CC2)n1N. The molecule has 1 aliphatic heterocycles. The highest BCUT2D eigenvalue weighted by molar-refractivity contribution is 5.96. The lowest BCUT2D eigenvalue weighted by molar-refractivity contribution is 0.0168. The minimum absolute atomic E-state index is 0.0551. The Morgan fingerprint density at radius 2 is 1.63 bits per heavy atom. The van der Waals surface area contributed by atoms with Gasteiger partial charge >= 0.3 is 12.1 Å². The van der Waals surface area contributed by atoms with Gasteiger partial charge in [-0.2, -0.15) is 0 Å². The molecule has 2 heterocycles. The number of carbonyl (C=O) groups is 2. The summed E-state index contributed by atoms with van der Waals surface area (Å²) in [6, 6.07) is 14.7. The van der Waals surface area contributed by atoms with Gasteiger partial charge in [-0.25, -0.2) is 14.0 Å². The van der Waals surface area contributed by atoms with Crippen molar-refractivity contribution < 1.29 is 33.3 Å². The summed E-state index contributed by atoms with van der Waals surface area (Å²) in [6.45, 7) is 6.52. The third kappa shape index (κ3) is 7.18. The first-order chi connectivity index (χ1) is 19.5. The molecule has 1 fully saturated rings. The van der Waals surface area contributed by atoms with Crippen LogP contribution in [-0.4, -0.2) is 59.2 Å². The van der Waals surface area contributed by atoms with E-state index in [9.17, 15) is 19.1 Å². The Bertz CT molecular complexity index is 1340. The fraction of sp³-hybridized carbons (Fsp3) is 0.419. The number of aliphatic hydroxyl groups excluding tert-OH is 1. The number of benzene rings is 2. The maximum Gasteiger partial charge on any atom is 0.410 e. The molecule has 220 valence electrons. The summed E-state index contributed by atoms with van der Waals surface area (Å²) in [5.41, 5.74) is 1.65. The summed E-state index contributed by atoms with van der Waals surface area (Å²) in [5, 5.41) is 9.94. The Labute approximate surface area is 239 Å². The van der Waals surface area contributed by atoms with Crippen molar-refractivity contribution in [2.75, 3.05) is 32.6 Å². The Hall–Kier alpha value is -4.05. The van der Waals surface area contributed by atoms with Crippen molar-refractivity contribution in [3.63, 3.8) is 0 Å². The van der Waals surface area contributed by atoms with Crippen molar-refractivity contribution >= 4 is 12.1 Å². The zero-order valence-electron chi connectivity index (χ0n) is 23.9. The highest BCUT2D eigenvalue weighted by Crippen LogP contribution is 2.39. The number of hydrogen-bond acceptors (Lipinski definition) is 7. The molecule has 41 heavy (non-hydrogen) atoms. The summed E-state index contributed by atoms with van der Waals surface area (Å²) in [7, 11) is 1.30. The molecule has 9 nitrogen and oxygen atoms in total. The number of esters is 1. The molecular formula is C31H38FN3O6. The zero-order chi connectivity index (χ0) is 29.7. The number of aliphatic hydroxyl groups is 1. The number of nitrogens with zero attached hydrogens (tertiary/aromatic N) is 2. The van der Waals surface area contributed by atoms with E-state index in [-0.39, 0.29) is 36.0 Å². The fourth-order valence-corrected chi connectivity index (χ4v) is 5.27. The van der Waals surface area contributed by atoms with E-state index in [4.69, 9.17) is 20.1 Å². The van der Waals surface area contributed by atoms with Gasteiger partial charge in [0.25, 0.3) is 0 Å². The molecule has 0 radical (unpaired) electrons.